The highest BCUT2D eigenvalue weighted by Gasteiger charge is 2.06. The Hall–Kier alpha value is -2.15. The highest BCUT2D eigenvalue weighted by molar-refractivity contribution is 7.99. The third kappa shape index (κ3) is 5.52. The number of H-pyrrole nitrogens is 1. The lowest BCUT2D eigenvalue weighted by Crippen LogP contribution is -2.17. The number of amides is 1. The fourth-order valence-corrected chi connectivity index (χ4v) is 2.51. The number of rotatable bonds is 7. The van der Waals surface area contributed by atoms with Gasteiger partial charge in [0, 0.05) is 5.69 Å². The number of aryl methyl sites for hydroxylation is 2. The van der Waals surface area contributed by atoms with Crippen LogP contribution in [0.1, 0.15) is 31.0 Å². The standard InChI is InChI=1S/C16H20N4O2S/c1-3-4-5-12-6-8-13(9-7-12)17-14(21)10-23-16-18-15(22)11(2)19-20-16/h6-9H,3-5,10H2,1-2H3,(H,17,21)(H,18,20,22). The maximum Gasteiger partial charge on any atom is 0.273 e. The molecule has 0 radical (unpaired) electrons. The van der Waals surface area contributed by atoms with Crippen molar-refractivity contribution in [2.75, 3.05) is 11.1 Å². The Balaban J connectivity index is 1.84. The van der Waals surface area contributed by atoms with Crippen molar-refractivity contribution in [3.8, 4) is 0 Å². The minimum Gasteiger partial charge on any atom is -0.325 e. The van der Waals surface area contributed by atoms with Gasteiger partial charge in [-0.25, -0.2) is 0 Å². The Kier molecular flexibility index (Phi) is 6.34. The number of carbonyl (C=O) groups is 1. The second-order valence-corrected chi connectivity index (χ2v) is 6.15. The van der Waals surface area contributed by atoms with Gasteiger partial charge in [0.2, 0.25) is 5.91 Å². The molecule has 0 aliphatic heterocycles. The van der Waals surface area contributed by atoms with Crippen LogP contribution < -0.4 is 10.9 Å². The minimum absolute atomic E-state index is 0.153. The number of anilines is 1. The number of thioether (sulfide) groups is 1. The Labute approximate surface area is 139 Å². The molecule has 0 aliphatic rings. The van der Waals surface area contributed by atoms with E-state index in [9.17, 15) is 9.59 Å². The third-order valence-corrected chi connectivity index (χ3v) is 4.10. The van der Waals surface area contributed by atoms with Crippen molar-refractivity contribution < 1.29 is 4.79 Å². The van der Waals surface area contributed by atoms with Crippen molar-refractivity contribution >= 4 is 23.4 Å². The zero-order valence-corrected chi connectivity index (χ0v) is 14.1. The molecule has 0 spiro atoms. The molecule has 0 aliphatic carbocycles. The van der Waals surface area contributed by atoms with E-state index in [1.54, 1.807) is 6.92 Å². The van der Waals surface area contributed by atoms with Crippen LogP contribution in [0.25, 0.3) is 0 Å². The van der Waals surface area contributed by atoms with E-state index in [2.05, 4.69) is 27.4 Å². The number of aromatic nitrogens is 3. The van der Waals surface area contributed by atoms with Gasteiger partial charge in [-0.3, -0.25) is 14.6 Å². The third-order valence-electron chi connectivity index (χ3n) is 3.24. The van der Waals surface area contributed by atoms with Crippen LogP contribution in [-0.4, -0.2) is 26.8 Å². The summed E-state index contributed by atoms with van der Waals surface area (Å²) in [5.41, 5.74) is 2.05. The topological polar surface area (TPSA) is 87.7 Å². The van der Waals surface area contributed by atoms with Crippen LogP contribution in [-0.2, 0) is 11.2 Å². The number of nitrogens with one attached hydrogen (secondary N) is 2. The lowest BCUT2D eigenvalue weighted by Gasteiger charge is -2.06. The highest BCUT2D eigenvalue weighted by atomic mass is 32.2. The average molecular weight is 332 g/mol. The maximum atomic E-state index is 11.9. The fourth-order valence-electron chi connectivity index (χ4n) is 1.91. The van der Waals surface area contributed by atoms with Crippen molar-refractivity contribution in [1.82, 2.24) is 15.2 Å². The zero-order valence-electron chi connectivity index (χ0n) is 13.3. The molecule has 0 atom stereocenters. The van der Waals surface area contributed by atoms with Gasteiger partial charge in [0.05, 0.1) is 5.75 Å². The molecule has 1 heterocycles. The highest BCUT2D eigenvalue weighted by Crippen LogP contribution is 2.14. The summed E-state index contributed by atoms with van der Waals surface area (Å²) in [7, 11) is 0. The van der Waals surface area contributed by atoms with Crippen molar-refractivity contribution in [3.05, 3.63) is 45.9 Å². The lowest BCUT2D eigenvalue weighted by atomic mass is 10.1. The van der Waals surface area contributed by atoms with Gasteiger partial charge in [-0.2, -0.15) is 0 Å². The van der Waals surface area contributed by atoms with E-state index in [1.807, 2.05) is 24.3 Å². The first-order valence-corrected chi connectivity index (χ1v) is 8.52. The summed E-state index contributed by atoms with van der Waals surface area (Å²) in [5.74, 6) is 0.00479. The van der Waals surface area contributed by atoms with Crippen LogP contribution in [0, 0.1) is 6.92 Å². The van der Waals surface area contributed by atoms with Crippen LogP contribution >= 0.6 is 11.8 Å². The summed E-state index contributed by atoms with van der Waals surface area (Å²) >= 11 is 1.14. The van der Waals surface area contributed by atoms with Gasteiger partial charge < -0.3 is 5.32 Å². The summed E-state index contributed by atoms with van der Waals surface area (Å²) in [5, 5.41) is 10.7. The van der Waals surface area contributed by atoms with Gasteiger partial charge in [0.1, 0.15) is 5.69 Å². The van der Waals surface area contributed by atoms with Gasteiger partial charge in [0.25, 0.3) is 5.56 Å². The van der Waals surface area contributed by atoms with E-state index >= 15 is 0 Å². The first-order valence-electron chi connectivity index (χ1n) is 7.53. The van der Waals surface area contributed by atoms with E-state index in [-0.39, 0.29) is 17.2 Å². The van der Waals surface area contributed by atoms with Gasteiger partial charge >= 0.3 is 0 Å². The van der Waals surface area contributed by atoms with Gasteiger partial charge in [-0.1, -0.05) is 37.2 Å². The van der Waals surface area contributed by atoms with Crippen molar-refractivity contribution in [2.45, 2.75) is 38.3 Å². The molecule has 23 heavy (non-hydrogen) atoms. The second kappa shape index (κ2) is 8.47. The summed E-state index contributed by atoms with van der Waals surface area (Å²) < 4.78 is 0. The Morgan fingerprint density at radius 1 is 1.26 bits per heavy atom. The molecule has 0 saturated heterocycles. The number of nitrogens with zero attached hydrogens (tertiary/aromatic N) is 2. The number of carbonyl (C=O) groups excluding carboxylic acids is 1. The molecule has 0 bridgehead atoms. The molecule has 1 aromatic heterocycles. The van der Waals surface area contributed by atoms with E-state index in [0.29, 0.717) is 10.9 Å². The molecule has 6 nitrogen and oxygen atoms in total. The monoisotopic (exact) mass is 332 g/mol. The molecule has 2 N–H and O–H groups in total. The summed E-state index contributed by atoms with van der Waals surface area (Å²) in [6.45, 7) is 3.75. The second-order valence-electron chi connectivity index (χ2n) is 5.18. The molecule has 0 saturated carbocycles. The van der Waals surface area contributed by atoms with Crippen molar-refractivity contribution in [2.24, 2.45) is 0 Å². The van der Waals surface area contributed by atoms with Crippen LogP contribution in [0.5, 0.6) is 0 Å². The van der Waals surface area contributed by atoms with Crippen LogP contribution in [0.3, 0.4) is 0 Å². The molecule has 2 aromatic rings. The maximum absolute atomic E-state index is 11.9. The molecule has 1 amide bonds. The molecule has 0 unspecified atom stereocenters. The lowest BCUT2D eigenvalue weighted by molar-refractivity contribution is -0.113. The normalized spacial score (nSPS) is 10.5. The van der Waals surface area contributed by atoms with Crippen molar-refractivity contribution in [1.29, 1.82) is 0 Å². The Morgan fingerprint density at radius 2 is 2.00 bits per heavy atom. The van der Waals surface area contributed by atoms with Crippen molar-refractivity contribution in [3.63, 3.8) is 0 Å². The summed E-state index contributed by atoms with van der Waals surface area (Å²) in [6, 6.07) is 7.87. The number of hydrogen-bond acceptors (Lipinski definition) is 5. The largest absolute Gasteiger partial charge is 0.325 e. The molecular formula is C16H20N4O2S. The van der Waals surface area contributed by atoms with Crippen LogP contribution in [0.4, 0.5) is 5.69 Å². The molecule has 7 heteroatoms. The average Bonchev–Trinajstić information content (AvgIpc) is 2.55. The number of benzene rings is 1. The van der Waals surface area contributed by atoms with Gasteiger partial charge in [-0.05, 0) is 37.5 Å². The minimum atomic E-state index is -0.287. The van der Waals surface area contributed by atoms with Gasteiger partial charge in [-0.15, -0.1) is 10.2 Å². The molecule has 2 rings (SSSR count). The molecule has 122 valence electrons. The SMILES string of the molecule is CCCCc1ccc(NC(=O)CSc2nnc(C)c(=O)[nH]2)cc1. The first-order chi connectivity index (χ1) is 11.1. The number of unbranched alkanes of at least 4 members (excludes halogenated alkanes) is 1. The smallest absolute Gasteiger partial charge is 0.273 e. The Morgan fingerprint density at radius 3 is 2.65 bits per heavy atom. The molecular weight excluding hydrogens is 312 g/mol. The molecule has 0 fully saturated rings. The quantitative estimate of drug-likeness (QED) is 0.761. The number of aromatic amines is 1. The zero-order chi connectivity index (χ0) is 16.7. The predicted molar refractivity (Wildman–Crippen MR) is 91.8 cm³/mol. The van der Waals surface area contributed by atoms with E-state index < -0.39 is 0 Å². The van der Waals surface area contributed by atoms with Gasteiger partial charge in [0.15, 0.2) is 5.16 Å². The van der Waals surface area contributed by atoms with E-state index in [4.69, 9.17) is 0 Å². The Bertz CT molecular complexity index is 713. The van der Waals surface area contributed by atoms with E-state index in [1.165, 1.54) is 12.0 Å². The van der Waals surface area contributed by atoms with E-state index in [0.717, 1.165) is 30.3 Å². The summed E-state index contributed by atoms with van der Waals surface area (Å²) in [4.78, 5) is 25.9. The number of hydrogen-bond donors (Lipinski definition) is 2. The fraction of sp³-hybridized carbons (Fsp3) is 0.375. The van der Waals surface area contributed by atoms with Crippen LogP contribution in [0.15, 0.2) is 34.2 Å². The first kappa shape index (κ1) is 17.2. The summed E-state index contributed by atoms with van der Waals surface area (Å²) in [6.07, 6.45) is 3.39. The molecule has 1 aromatic carbocycles. The predicted octanol–water partition coefficient (Wildman–Crippen LogP) is 2.55. The van der Waals surface area contributed by atoms with Crippen LogP contribution in [0.2, 0.25) is 0 Å².